The normalized spacial score (nSPS) is 12.6. The molecule has 0 aliphatic heterocycles. The first-order valence-electron chi connectivity index (χ1n) is 12.5. The molecule has 2 aromatic carbocycles. The Labute approximate surface area is 231 Å². The number of aromatic hydroxyl groups is 1. The topological polar surface area (TPSA) is 121 Å². The lowest BCUT2D eigenvalue weighted by Crippen LogP contribution is -2.29. The maximum Gasteiger partial charge on any atom is 0.296 e. The first-order valence-corrected chi connectivity index (χ1v) is 14.0. The van der Waals surface area contributed by atoms with Crippen molar-refractivity contribution in [3.05, 3.63) is 100 Å². The monoisotopic (exact) mass is 567 g/mol. The summed E-state index contributed by atoms with van der Waals surface area (Å²) in [5, 5.41) is 11.5. The quantitative estimate of drug-likeness (QED) is 0.279. The Bertz CT molecular complexity index is 1660. The van der Waals surface area contributed by atoms with Gasteiger partial charge in [0.25, 0.3) is 5.56 Å². The van der Waals surface area contributed by atoms with Gasteiger partial charge in [-0.15, -0.1) is 0 Å². The molecule has 0 radical (unpaired) electrons. The number of halogens is 1. The lowest BCUT2D eigenvalue weighted by molar-refractivity contribution is 0.0554. The van der Waals surface area contributed by atoms with Crippen LogP contribution in [0.3, 0.4) is 0 Å². The van der Waals surface area contributed by atoms with Crippen molar-refractivity contribution >= 4 is 9.84 Å². The zero-order valence-electron chi connectivity index (χ0n) is 22.5. The first-order chi connectivity index (χ1) is 19.1. The third-order valence-corrected chi connectivity index (χ3v) is 8.17. The molecular weight excluding hydrogens is 537 g/mol. The molecule has 1 N–H and O–H groups in total. The largest absolute Gasteiger partial charge is 0.493 e. The number of benzene rings is 2. The minimum Gasteiger partial charge on any atom is -0.493 e. The van der Waals surface area contributed by atoms with E-state index in [1.54, 1.807) is 51.1 Å². The number of nitrogens with zero attached hydrogens (tertiary/aromatic N) is 3. The number of hydrogen-bond donors (Lipinski definition) is 1. The Morgan fingerprint density at radius 1 is 1.05 bits per heavy atom. The molecule has 0 saturated heterocycles. The summed E-state index contributed by atoms with van der Waals surface area (Å²) >= 11 is 0. The van der Waals surface area contributed by atoms with Crippen LogP contribution in [0.2, 0.25) is 0 Å². The summed E-state index contributed by atoms with van der Waals surface area (Å²) in [5.74, 6) is -1.35. The summed E-state index contributed by atoms with van der Waals surface area (Å²) in [4.78, 5) is 19.7. The summed E-state index contributed by atoms with van der Waals surface area (Å²) in [7, 11) is -3.06. The van der Waals surface area contributed by atoms with E-state index in [4.69, 9.17) is 9.47 Å². The zero-order chi connectivity index (χ0) is 29.0. The van der Waals surface area contributed by atoms with Crippen LogP contribution < -0.4 is 5.56 Å². The fraction of sp³-hybridized carbons (Fsp3) is 0.276. The van der Waals surface area contributed by atoms with Gasteiger partial charge >= 0.3 is 0 Å². The van der Waals surface area contributed by atoms with Crippen LogP contribution in [0, 0.1) is 12.9 Å². The summed E-state index contributed by atoms with van der Waals surface area (Å²) in [6.07, 6.45) is 1.10. The fourth-order valence-corrected chi connectivity index (χ4v) is 5.71. The van der Waals surface area contributed by atoms with Gasteiger partial charge in [0.05, 0.1) is 23.6 Å². The van der Waals surface area contributed by atoms with Crippen molar-refractivity contribution in [3.63, 3.8) is 0 Å². The Balaban J connectivity index is 1.87. The van der Waals surface area contributed by atoms with Crippen LogP contribution in [-0.4, -0.2) is 47.9 Å². The molecule has 11 heteroatoms. The lowest BCUT2D eigenvalue weighted by Gasteiger charge is -2.25. The molecule has 4 rings (SSSR count). The van der Waals surface area contributed by atoms with Crippen LogP contribution in [0.5, 0.6) is 5.88 Å². The van der Waals surface area contributed by atoms with E-state index in [1.165, 1.54) is 42.1 Å². The van der Waals surface area contributed by atoms with Crippen LogP contribution in [0.1, 0.15) is 36.8 Å². The molecule has 9 nitrogen and oxygen atoms in total. The van der Waals surface area contributed by atoms with Gasteiger partial charge in [-0.2, -0.15) is 9.37 Å². The summed E-state index contributed by atoms with van der Waals surface area (Å²) in [6.45, 7) is 5.08. The zero-order valence-corrected chi connectivity index (χ0v) is 23.4. The average Bonchev–Trinajstić information content (AvgIpc) is 2.93. The van der Waals surface area contributed by atoms with Gasteiger partial charge in [0, 0.05) is 18.9 Å². The first kappa shape index (κ1) is 29.1. The number of aromatic nitrogens is 3. The number of hydrogen-bond acceptors (Lipinski definition) is 8. The van der Waals surface area contributed by atoms with Gasteiger partial charge in [0.2, 0.25) is 21.7 Å². The van der Waals surface area contributed by atoms with Gasteiger partial charge in [0.15, 0.2) is 4.90 Å². The summed E-state index contributed by atoms with van der Waals surface area (Å²) in [5.41, 5.74) is 0.998. The second-order valence-electron chi connectivity index (χ2n) is 9.40. The van der Waals surface area contributed by atoms with Crippen LogP contribution in [-0.2, 0) is 25.9 Å². The minimum absolute atomic E-state index is 0.0478. The molecule has 1 atom stereocenters. The SMILES string of the molecule is COC[C@@H](c1ccccc1)n1c(COC(C)C)nc(=O)c(S(=O)(=O)c2ccc(-c3ccnc(F)c3C)cc2)c1O. The highest BCUT2D eigenvalue weighted by Gasteiger charge is 2.32. The molecule has 0 aliphatic rings. The molecule has 0 aliphatic carbocycles. The smallest absolute Gasteiger partial charge is 0.296 e. The number of rotatable bonds is 10. The predicted octanol–water partition coefficient (Wildman–Crippen LogP) is 4.45. The van der Waals surface area contributed by atoms with E-state index in [9.17, 15) is 22.7 Å². The highest BCUT2D eigenvalue weighted by atomic mass is 32.2. The maximum absolute atomic E-state index is 14.0. The number of methoxy groups -OCH3 is 1. The van der Waals surface area contributed by atoms with E-state index >= 15 is 0 Å². The third kappa shape index (κ3) is 5.81. The van der Waals surface area contributed by atoms with Crippen LogP contribution >= 0.6 is 0 Å². The van der Waals surface area contributed by atoms with Crippen molar-refractivity contribution in [2.24, 2.45) is 0 Å². The van der Waals surface area contributed by atoms with E-state index in [1.807, 2.05) is 6.07 Å². The molecule has 0 amide bonds. The van der Waals surface area contributed by atoms with Gasteiger partial charge in [-0.25, -0.2) is 13.4 Å². The van der Waals surface area contributed by atoms with Crippen molar-refractivity contribution < 1.29 is 27.4 Å². The van der Waals surface area contributed by atoms with Gasteiger partial charge in [-0.05, 0) is 55.7 Å². The molecule has 0 unspecified atom stereocenters. The second kappa shape index (κ2) is 12.1. The van der Waals surface area contributed by atoms with Crippen molar-refractivity contribution in [1.82, 2.24) is 14.5 Å². The molecule has 0 saturated carbocycles. The van der Waals surface area contributed by atoms with Crippen LogP contribution in [0.4, 0.5) is 4.39 Å². The van der Waals surface area contributed by atoms with Gasteiger partial charge < -0.3 is 14.6 Å². The molecule has 210 valence electrons. The molecule has 0 fully saturated rings. The Morgan fingerprint density at radius 2 is 1.73 bits per heavy atom. The molecule has 2 heterocycles. The Kier molecular flexibility index (Phi) is 8.77. The molecule has 2 aromatic heterocycles. The van der Waals surface area contributed by atoms with Crippen molar-refractivity contribution in [3.8, 4) is 17.0 Å². The fourth-order valence-electron chi connectivity index (χ4n) is 4.36. The molecule has 40 heavy (non-hydrogen) atoms. The number of sulfone groups is 1. The van der Waals surface area contributed by atoms with Crippen molar-refractivity contribution in [2.75, 3.05) is 13.7 Å². The number of pyridine rings is 1. The number of ether oxygens (including phenoxy) is 2. The third-order valence-electron chi connectivity index (χ3n) is 6.39. The second-order valence-corrected chi connectivity index (χ2v) is 11.3. The molecule has 0 bridgehead atoms. The van der Waals surface area contributed by atoms with Crippen molar-refractivity contribution in [1.29, 1.82) is 0 Å². The highest BCUT2D eigenvalue weighted by Crippen LogP contribution is 2.33. The van der Waals surface area contributed by atoms with Gasteiger partial charge in [0.1, 0.15) is 12.4 Å². The Hall–Kier alpha value is -3.93. The van der Waals surface area contributed by atoms with E-state index < -0.39 is 38.2 Å². The minimum atomic E-state index is -4.53. The maximum atomic E-state index is 14.0. The molecule has 4 aromatic rings. The van der Waals surface area contributed by atoms with Crippen LogP contribution in [0.25, 0.3) is 11.1 Å². The highest BCUT2D eigenvalue weighted by molar-refractivity contribution is 7.91. The summed E-state index contributed by atoms with van der Waals surface area (Å²) in [6, 6.07) is 15.5. The molecule has 0 spiro atoms. The van der Waals surface area contributed by atoms with Crippen LogP contribution in [0.15, 0.2) is 81.4 Å². The van der Waals surface area contributed by atoms with Gasteiger partial charge in [-0.1, -0.05) is 42.5 Å². The lowest BCUT2D eigenvalue weighted by atomic mass is 10.0. The Morgan fingerprint density at radius 3 is 2.35 bits per heavy atom. The van der Waals surface area contributed by atoms with E-state index in [2.05, 4.69) is 9.97 Å². The average molecular weight is 568 g/mol. The van der Waals surface area contributed by atoms with E-state index in [-0.39, 0.29) is 30.0 Å². The predicted molar refractivity (Wildman–Crippen MR) is 146 cm³/mol. The summed E-state index contributed by atoms with van der Waals surface area (Å²) < 4.78 is 53.8. The van der Waals surface area contributed by atoms with E-state index in [0.717, 1.165) is 0 Å². The standard InChI is InChI=1S/C29H30FN3O6S/c1-18(2)39-17-25-32-28(34)26(29(35)33(25)24(16-38-4)21-8-6-5-7-9-21)40(36,37)22-12-10-20(11-13-22)23-14-15-31-27(30)19(23)3/h5-15,18,24,35H,16-17H2,1-4H3/t24-/m0/s1. The van der Waals surface area contributed by atoms with Crippen molar-refractivity contribution in [2.45, 2.75) is 49.3 Å². The molecular formula is C29H30FN3O6S. The van der Waals surface area contributed by atoms with Gasteiger partial charge in [-0.3, -0.25) is 9.36 Å². The van der Waals surface area contributed by atoms with E-state index in [0.29, 0.717) is 22.3 Å².